The fourth-order valence-electron chi connectivity index (χ4n) is 4.09. The maximum atomic E-state index is 14.3. The normalized spacial score (nSPS) is 11.7. The highest BCUT2D eigenvalue weighted by molar-refractivity contribution is 8.00. The molecule has 0 fully saturated rings. The molecule has 1 unspecified atom stereocenters. The Balaban J connectivity index is 1.39. The number of nitrogens with one attached hydrogen (secondary N) is 2. The van der Waals surface area contributed by atoms with Crippen molar-refractivity contribution in [2.45, 2.75) is 10.1 Å². The highest BCUT2D eigenvalue weighted by atomic mass is 32.2. The molecule has 1 atom stereocenters. The van der Waals surface area contributed by atoms with E-state index in [1.807, 2.05) is 35.6 Å². The number of halogens is 4. The number of fused-ring (bicyclic) bond motifs is 1. The predicted octanol–water partition coefficient (Wildman–Crippen LogP) is 8.12. The van der Waals surface area contributed by atoms with Gasteiger partial charge in [-0.3, -0.25) is 9.59 Å². The van der Waals surface area contributed by atoms with E-state index in [0.29, 0.717) is 21.7 Å². The van der Waals surface area contributed by atoms with E-state index in [0.717, 1.165) is 22.5 Å². The lowest BCUT2D eigenvalue weighted by Crippen LogP contribution is -2.21. The Morgan fingerprint density at radius 2 is 1.32 bits per heavy atom. The maximum Gasteiger partial charge on any atom is 0.255 e. The largest absolute Gasteiger partial charge is 0.322 e. The fourth-order valence-corrected chi connectivity index (χ4v) is 5.17. The molecule has 2 amide bonds. The van der Waals surface area contributed by atoms with Gasteiger partial charge in [0.05, 0.1) is 0 Å². The summed E-state index contributed by atoms with van der Waals surface area (Å²) in [4.78, 5) is 26.7. The lowest BCUT2D eigenvalue weighted by Gasteiger charge is -2.18. The van der Waals surface area contributed by atoms with E-state index in [1.54, 1.807) is 66.7 Å². The highest BCUT2D eigenvalue weighted by Crippen LogP contribution is 2.38. The third kappa shape index (κ3) is 5.84. The van der Waals surface area contributed by atoms with Gasteiger partial charge < -0.3 is 10.6 Å². The zero-order valence-electron chi connectivity index (χ0n) is 20.6. The Morgan fingerprint density at radius 3 is 2.05 bits per heavy atom. The average molecular weight is 561 g/mol. The molecule has 0 bridgehead atoms. The van der Waals surface area contributed by atoms with Crippen LogP contribution in [0.2, 0.25) is 0 Å². The van der Waals surface area contributed by atoms with E-state index < -0.39 is 40.1 Å². The molecule has 0 aliphatic heterocycles. The van der Waals surface area contributed by atoms with E-state index >= 15 is 0 Å². The molecule has 0 radical (unpaired) electrons. The van der Waals surface area contributed by atoms with Gasteiger partial charge in [0, 0.05) is 22.2 Å². The van der Waals surface area contributed by atoms with Gasteiger partial charge in [-0.25, -0.2) is 17.6 Å². The zero-order valence-corrected chi connectivity index (χ0v) is 21.4. The van der Waals surface area contributed by atoms with Gasteiger partial charge in [0.1, 0.15) is 10.9 Å². The molecule has 5 rings (SSSR count). The van der Waals surface area contributed by atoms with Crippen LogP contribution < -0.4 is 10.6 Å². The molecule has 0 spiro atoms. The van der Waals surface area contributed by atoms with Crippen LogP contribution >= 0.6 is 11.8 Å². The Bertz CT molecular complexity index is 1700. The summed E-state index contributed by atoms with van der Waals surface area (Å²) in [6.07, 6.45) is 0. The van der Waals surface area contributed by atoms with Gasteiger partial charge in [0.25, 0.3) is 5.91 Å². The van der Waals surface area contributed by atoms with Crippen molar-refractivity contribution in [3.63, 3.8) is 0 Å². The number of carbonyl (C=O) groups excluding carboxylic acids is 2. The van der Waals surface area contributed by atoms with Crippen LogP contribution in [0, 0.1) is 23.3 Å². The summed E-state index contributed by atoms with van der Waals surface area (Å²) >= 11 is 1.03. The van der Waals surface area contributed by atoms with Gasteiger partial charge in [0.15, 0.2) is 23.3 Å². The molecule has 5 aromatic rings. The standard InChI is InChI=1S/C31H20F4N2O2S/c32-24-17-25(33)27(35)28(26(24)34)37-31(39)29(19-8-2-1-3-9-19)40-23-12-6-11-22(16-23)36-30(38)21-14-13-18-7-4-5-10-20(18)15-21/h1-17,29H,(H,36,38)(H,37,39). The molecule has 0 aliphatic carbocycles. The molecule has 0 saturated carbocycles. The molecule has 40 heavy (non-hydrogen) atoms. The van der Waals surface area contributed by atoms with Crippen LogP contribution in [0.3, 0.4) is 0 Å². The third-order valence-electron chi connectivity index (χ3n) is 6.06. The molecule has 0 aliphatic rings. The number of hydrogen-bond donors (Lipinski definition) is 2. The second-order valence-electron chi connectivity index (χ2n) is 8.78. The maximum absolute atomic E-state index is 14.3. The molecule has 4 nitrogen and oxygen atoms in total. The summed E-state index contributed by atoms with van der Waals surface area (Å²) in [5.41, 5.74) is 0.193. The summed E-state index contributed by atoms with van der Waals surface area (Å²) in [6.45, 7) is 0. The van der Waals surface area contributed by atoms with Gasteiger partial charge in [-0.15, -0.1) is 11.8 Å². The SMILES string of the molecule is O=C(Nc1cccc(SC(C(=O)Nc2c(F)c(F)cc(F)c2F)c2ccccc2)c1)c1ccc2ccccc2c1. The van der Waals surface area contributed by atoms with E-state index in [4.69, 9.17) is 0 Å². The Hall–Kier alpha value is -4.63. The number of rotatable bonds is 7. The molecule has 0 aromatic heterocycles. The van der Waals surface area contributed by atoms with Crippen molar-refractivity contribution in [3.8, 4) is 0 Å². The van der Waals surface area contributed by atoms with Gasteiger partial charge in [-0.2, -0.15) is 0 Å². The zero-order chi connectivity index (χ0) is 28.2. The van der Waals surface area contributed by atoms with Crippen molar-refractivity contribution in [1.82, 2.24) is 0 Å². The van der Waals surface area contributed by atoms with Crippen molar-refractivity contribution >= 4 is 45.7 Å². The van der Waals surface area contributed by atoms with Crippen LogP contribution in [0.15, 0.2) is 108 Å². The summed E-state index contributed by atoms with van der Waals surface area (Å²) in [5.74, 6) is -7.90. The Morgan fingerprint density at radius 1 is 0.650 bits per heavy atom. The minimum atomic E-state index is -1.71. The second kappa shape index (κ2) is 11.6. The summed E-state index contributed by atoms with van der Waals surface area (Å²) < 4.78 is 55.9. The second-order valence-corrected chi connectivity index (χ2v) is 9.96. The topological polar surface area (TPSA) is 58.2 Å². The summed E-state index contributed by atoms with van der Waals surface area (Å²) in [7, 11) is 0. The van der Waals surface area contributed by atoms with E-state index in [1.165, 1.54) is 0 Å². The molecular formula is C31H20F4N2O2S. The number of amides is 2. The van der Waals surface area contributed by atoms with E-state index in [2.05, 4.69) is 5.32 Å². The molecular weight excluding hydrogens is 540 g/mol. The molecule has 2 N–H and O–H groups in total. The minimum Gasteiger partial charge on any atom is -0.322 e. The van der Waals surface area contributed by atoms with Gasteiger partial charge in [-0.1, -0.05) is 66.7 Å². The molecule has 9 heteroatoms. The average Bonchev–Trinajstić information content (AvgIpc) is 2.97. The third-order valence-corrected chi connectivity index (χ3v) is 7.31. The van der Waals surface area contributed by atoms with Crippen LogP contribution in [-0.2, 0) is 4.79 Å². The summed E-state index contributed by atoms with van der Waals surface area (Å²) in [5, 5.41) is 5.70. The molecule has 0 heterocycles. The van der Waals surface area contributed by atoms with Crippen molar-refractivity contribution in [2.75, 3.05) is 10.6 Å². The van der Waals surface area contributed by atoms with Gasteiger partial charge in [-0.05, 0) is 46.7 Å². The van der Waals surface area contributed by atoms with E-state index in [-0.39, 0.29) is 12.0 Å². The first kappa shape index (κ1) is 27.0. The smallest absolute Gasteiger partial charge is 0.255 e. The van der Waals surface area contributed by atoms with E-state index in [9.17, 15) is 27.2 Å². The van der Waals surface area contributed by atoms with Crippen LogP contribution in [0.25, 0.3) is 10.8 Å². The minimum absolute atomic E-state index is 0.0709. The van der Waals surface area contributed by atoms with Crippen molar-refractivity contribution in [1.29, 1.82) is 0 Å². The monoisotopic (exact) mass is 560 g/mol. The lowest BCUT2D eigenvalue weighted by atomic mass is 10.1. The van der Waals surface area contributed by atoms with Crippen molar-refractivity contribution in [3.05, 3.63) is 138 Å². The Kier molecular flexibility index (Phi) is 7.84. The number of hydrogen-bond acceptors (Lipinski definition) is 3. The van der Waals surface area contributed by atoms with Crippen LogP contribution in [0.1, 0.15) is 21.2 Å². The number of anilines is 2. The van der Waals surface area contributed by atoms with Crippen molar-refractivity contribution in [2.24, 2.45) is 0 Å². The molecule has 200 valence electrons. The number of carbonyl (C=O) groups is 2. The lowest BCUT2D eigenvalue weighted by molar-refractivity contribution is -0.115. The first-order valence-corrected chi connectivity index (χ1v) is 12.9. The number of benzene rings is 5. The summed E-state index contributed by atoms with van der Waals surface area (Å²) in [6, 6.07) is 28.2. The Labute approximate surface area is 231 Å². The fraction of sp³-hybridized carbons (Fsp3) is 0.0323. The number of thioether (sulfide) groups is 1. The first-order chi connectivity index (χ1) is 19.3. The molecule has 5 aromatic carbocycles. The van der Waals surface area contributed by atoms with Crippen molar-refractivity contribution < 1.29 is 27.2 Å². The van der Waals surface area contributed by atoms with Gasteiger partial charge in [0.2, 0.25) is 5.91 Å². The highest BCUT2D eigenvalue weighted by Gasteiger charge is 2.27. The van der Waals surface area contributed by atoms with Crippen LogP contribution in [0.5, 0.6) is 0 Å². The first-order valence-electron chi connectivity index (χ1n) is 12.1. The quantitative estimate of drug-likeness (QED) is 0.120. The van der Waals surface area contributed by atoms with Crippen LogP contribution in [0.4, 0.5) is 28.9 Å². The van der Waals surface area contributed by atoms with Gasteiger partial charge >= 0.3 is 0 Å². The molecule has 0 saturated heterocycles. The predicted molar refractivity (Wildman–Crippen MR) is 148 cm³/mol. The van der Waals surface area contributed by atoms with Crippen LogP contribution in [-0.4, -0.2) is 11.8 Å².